The first-order valence-electron chi connectivity index (χ1n) is 5.58. The minimum atomic E-state index is -0.467. The van der Waals surface area contributed by atoms with Crippen LogP contribution in [-0.4, -0.2) is 16.2 Å². The van der Waals surface area contributed by atoms with Crippen molar-refractivity contribution >= 4 is 0 Å². The predicted octanol–water partition coefficient (Wildman–Crippen LogP) is 3.05. The summed E-state index contributed by atoms with van der Waals surface area (Å²) in [5.41, 5.74) is 2.49. The summed E-state index contributed by atoms with van der Waals surface area (Å²) in [6, 6.07) is 7.85. The highest BCUT2D eigenvalue weighted by atomic mass is 19.1. The van der Waals surface area contributed by atoms with E-state index in [1.165, 1.54) is 0 Å². The Bertz CT molecular complexity index is 508. The van der Waals surface area contributed by atoms with E-state index in [9.17, 15) is 4.39 Å². The number of rotatable bonds is 4. The monoisotopic (exact) mass is 234 g/mol. The van der Waals surface area contributed by atoms with Crippen LogP contribution in [0.25, 0.3) is 5.69 Å². The van der Waals surface area contributed by atoms with E-state index in [-0.39, 0.29) is 0 Å². The summed E-state index contributed by atoms with van der Waals surface area (Å²) >= 11 is 0. The number of hydrogen-bond acceptors (Lipinski definition) is 2. The molecule has 0 aliphatic rings. The predicted molar refractivity (Wildman–Crippen MR) is 64.3 cm³/mol. The zero-order valence-corrected chi connectivity index (χ0v) is 9.98. The van der Waals surface area contributed by atoms with Crippen LogP contribution in [0.5, 0.6) is 6.01 Å². The molecule has 0 fully saturated rings. The van der Waals surface area contributed by atoms with Gasteiger partial charge in [0.05, 0.1) is 18.5 Å². The topological polar surface area (TPSA) is 27.1 Å². The van der Waals surface area contributed by atoms with E-state index < -0.39 is 6.67 Å². The molecule has 0 bridgehead atoms. The maximum atomic E-state index is 12.6. The SMILES string of the molecule is CCOc1ncc(C)n1-c1cccc(CF)c1. The van der Waals surface area contributed by atoms with Gasteiger partial charge >= 0.3 is 6.01 Å². The fraction of sp³-hybridized carbons (Fsp3) is 0.308. The molecule has 0 radical (unpaired) electrons. The molecular weight excluding hydrogens is 219 g/mol. The van der Waals surface area contributed by atoms with Crippen molar-refractivity contribution in [3.63, 3.8) is 0 Å². The van der Waals surface area contributed by atoms with Crippen LogP contribution < -0.4 is 4.74 Å². The second-order valence-electron chi connectivity index (χ2n) is 3.75. The van der Waals surface area contributed by atoms with Crippen LogP contribution in [0.4, 0.5) is 4.39 Å². The van der Waals surface area contributed by atoms with Gasteiger partial charge in [0.1, 0.15) is 6.67 Å². The van der Waals surface area contributed by atoms with Gasteiger partial charge in [-0.1, -0.05) is 12.1 Å². The Morgan fingerprint density at radius 3 is 2.94 bits per heavy atom. The number of benzene rings is 1. The van der Waals surface area contributed by atoms with Crippen molar-refractivity contribution in [2.24, 2.45) is 0 Å². The average molecular weight is 234 g/mol. The van der Waals surface area contributed by atoms with Gasteiger partial charge in [0.2, 0.25) is 0 Å². The standard InChI is InChI=1S/C13H15FN2O/c1-3-17-13-15-9-10(2)16(13)12-6-4-5-11(7-12)8-14/h4-7,9H,3,8H2,1-2H3. The van der Waals surface area contributed by atoms with Crippen LogP contribution in [0.2, 0.25) is 0 Å². The van der Waals surface area contributed by atoms with Crippen molar-refractivity contribution in [3.05, 3.63) is 41.7 Å². The Morgan fingerprint density at radius 1 is 1.41 bits per heavy atom. The number of hydrogen-bond donors (Lipinski definition) is 0. The summed E-state index contributed by atoms with van der Waals surface area (Å²) in [6.45, 7) is 3.94. The molecule has 1 heterocycles. The van der Waals surface area contributed by atoms with Gasteiger partial charge in [-0.25, -0.2) is 9.37 Å². The summed E-state index contributed by atoms with van der Waals surface area (Å²) in [7, 11) is 0. The fourth-order valence-electron chi connectivity index (χ4n) is 1.74. The lowest BCUT2D eigenvalue weighted by atomic mass is 10.2. The fourth-order valence-corrected chi connectivity index (χ4v) is 1.74. The lowest BCUT2D eigenvalue weighted by Crippen LogP contribution is -2.03. The molecule has 0 aliphatic heterocycles. The molecule has 1 aromatic heterocycles. The van der Waals surface area contributed by atoms with Gasteiger partial charge in [-0.05, 0) is 31.5 Å². The summed E-state index contributed by atoms with van der Waals surface area (Å²) in [4.78, 5) is 4.18. The molecule has 0 saturated carbocycles. The van der Waals surface area contributed by atoms with Crippen LogP contribution >= 0.6 is 0 Å². The smallest absolute Gasteiger partial charge is 0.301 e. The van der Waals surface area contributed by atoms with Gasteiger partial charge in [-0.15, -0.1) is 0 Å². The molecule has 4 heteroatoms. The lowest BCUT2D eigenvalue weighted by Gasteiger charge is -2.10. The van der Waals surface area contributed by atoms with Crippen molar-refractivity contribution in [3.8, 4) is 11.7 Å². The number of ether oxygens (including phenoxy) is 1. The quantitative estimate of drug-likeness (QED) is 0.813. The van der Waals surface area contributed by atoms with E-state index in [1.807, 2.05) is 30.5 Å². The van der Waals surface area contributed by atoms with E-state index in [1.54, 1.807) is 18.3 Å². The number of aromatic nitrogens is 2. The highest BCUT2D eigenvalue weighted by Gasteiger charge is 2.09. The second kappa shape index (κ2) is 4.99. The first kappa shape index (κ1) is 11.6. The number of halogens is 1. The Kier molecular flexibility index (Phi) is 3.42. The summed E-state index contributed by atoms with van der Waals surface area (Å²) < 4.78 is 20.0. The minimum Gasteiger partial charge on any atom is -0.465 e. The molecule has 0 spiro atoms. The molecule has 3 nitrogen and oxygen atoms in total. The van der Waals surface area contributed by atoms with E-state index >= 15 is 0 Å². The third-order valence-electron chi connectivity index (χ3n) is 2.50. The first-order valence-corrected chi connectivity index (χ1v) is 5.58. The Labute approximate surface area is 99.9 Å². The molecule has 0 N–H and O–H groups in total. The zero-order valence-electron chi connectivity index (χ0n) is 9.98. The maximum absolute atomic E-state index is 12.6. The zero-order chi connectivity index (χ0) is 12.3. The molecule has 0 saturated heterocycles. The molecule has 0 aliphatic carbocycles. The van der Waals surface area contributed by atoms with Gasteiger partial charge < -0.3 is 4.74 Å². The van der Waals surface area contributed by atoms with Crippen LogP contribution in [0, 0.1) is 6.92 Å². The largest absolute Gasteiger partial charge is 0.465 e. The highest BCUT2D eigenvalue weighted by Crippen LogP contribution is 2.21. The van der Waals surface area contributed by atoms with Crippen LogP contribution in [0.15, 0.2) is 30.5 Å². The Hall–Kier alpha value is -1.84. The first-order chi connectivity index (χ1) is 8.26. The summed E-state index contributed by atoms with van der Waals surface area (Å²) in [5, 5.41) is 0. The van der Waals surface area contributed by atoms with Crippen LogP contribution in [0.1, 0.15) is 18.2 Å². The molecule has 2 aromatic rings. The van der Waals surface area contributed by atoms with E-state index in [0.717, 1.165) is 11.4 Å². The van der Waals surface area contributed by atoms with E-state index in [2.05, 4.69) is 4.98 Å². The van der Waals surface area contributed by atoms with Crippen molar-refractivity contribution in [1.82, 2.24) is 9.55 Å². The Balaban J connectivity index is 2.47. The van der Waals surface area contributed by atoms with Crippen LogP contribution in [0.3, 0.4) is 0 Å². The molecular formula is C13H15FN2O. The normalized spacial score (nSPS) is 10.5. The molecule has 17 heavy (non-hydrogen) atoms. The van der Waals surface area contributed by atoms with Gasteiger partial charge in [0.25, 0.3) is 0 Å². The molecule has 2 rings (SSSR count). The maximum Gasteiger partial charge on any atom is 0.301 e. The lowest BCUT2D eigenvalue weighted by molar-refractivity contribution is 0.307. The Morgan fingerprint density at radius 2 is 2.24 bits per heavy atom. The van der Waals surface area contributed by atoms with E-state index in [0.29, 0.717) is 18.2 Å². The molecule has 0 atom stereocenters. The molecule has 0 amide bonds. The third-order valence-corrected chi connectivity index (χ3v) is 2.50. The molecule has 90 valence electrons. The van der Waals surface area contributed by atoms with Crippen molar-refractivity contribution in [2.75, 3.05) is 6.61 Å². The van der Waals surface area contributed by atoms with Gasteiger partial charge in [0, 0.05) is 5.69 Å². The number of aryl methyl sites for hydroxylation is 1. The van der Waals surface area contributed by atoms with Crippen LogP contribution in [-0.2, 0) is 6.67 Å². The highest BCUT2D eigenvalue weighted by molar-refractivity contribution is 5.39. The third kappa shape index (κ3) is 2.30. The summed E-state index contributed by atoms with van der Waals surface area (Å²) in [6.07, 6.45) is 1.74. The average Bonchev–Trinajstić information content (AvgIpc) is 2.71. The van der Waals surface area contributed by atoms with Gasteiger partial charge in [0.15, 0.2) is 0 Å². The van der Waals surface area contributed by atoms with E-state index in [4.69, 9.17) is 4.74 Å². The van der Waals surface area contributed by atoms with Crippen molar-refractivity contribution in [1.29, 1.82) is 0 Å². The minimum absolute atomic E-state index is 0.467. The number of imidazole rings is 1. The number of nitrogens with zero attached hydrogens (tertiary/aromatic N) is 2. The summed E-state index contributed by atoms with van der Waals surface area (Å²) in [5.74, 6) is 0. The van der Waals surface area contributed by atoms with Crippen molar-refractivity contribution in [2.45, 2.75) is 20.5 Å². The van der Waals surface area contributed by atoms with Gasteiger partial charge in [-0.3, -0.25) is 4.57 Å². The van der Waals surface area contributed by atoms with Crippen molar-refractivity contribution < 1.29 is 9.13 Å². The van der Waals surface area contributed by atoms with Gasteiger partial charge in [-0.2, -0.15) is 0 Å². The molecule has 1 aromatic carbocycles. The number of alkyl halides is 1. The molecule has 0 unspecified atom stereocenters. The second-order valence-corrected chi connectivity index (χ2v) is 3.75.